The molecule has 0 saturated heterocycles. The normalized spacial score (nSPS) is 11.1. The fraction of sp³-hybridized carbons (Fsp3) is 0.300. The summed E-state index contributed by atoms with van der Waals surface area (Å²) >= 11 is 0. The number of nitrogens with one attached hydrogen (secondary N) is 1. The number of carbonyl (C=O) groups is 2. The number of hydrogen-bond donors (Lipinski definition) is 2. The summed E-state index contributed by atoms with van der Waals surface area (Å²) in [6.07, 6.45) is 6.69. The van der Waals surface area contributed by atoms with Gasteiger partial charge in [0.15, 0.2) is 0 Å². The van der Waals surface area contributed by atoms with Crippen LogP contribution in [0.5, 0.6) is 17.2 Å². The van der Waals surface area contributed by atoms with Gasteiger partial charge in [-0.1, -0.05) is 18.2 Å². The van der Waals surface area contributed by atoms with E-state index in [1.165, 1.54) is 0 Å². The molecule has 0 aliphatic rings. The van der Waals surface area contributed by atoms with Crippen LogP contribution in [-0.2, 0) is 27.3 Å². The number of aromatic hydroxyl groups is 1. The fourth-order valence-corrected chi connectivity index (χ4v) is 3.98. The highest BCUT2D eigenvalue weighted by Crippen LogP contribution is 2.33. The third-order valence-corrected chi connectivity index (χ3v) is 5.85. The van der Waals surface area contributed by atoms with Crippen LogP contribution in [0.15, 0.2) is 66.9 Å². The van der Waals surface area contributed by atoms with E-state index in [0.29, 0.717) is 23.7 Å². The number of allylic oxidation sites excluding steroid dienone is 1. The predicted octanol–water partition coefficient (Wildman–Crippen LogP) is 5.32. The molecule has 1 heterocycles. The van der Waals surface area contributed by atoms with Crippen LogP contribution in [0.1, 0.15) is 36.2 Å². The zero-order valence-electron chi connectivity index (χ0n) is 22.4. The summed E-state index contributed by atoms with van der Waals surface area (Å²) in [5.74, 6) is -0.331. The van der Waals surface area contributed by atoms with Gasteiger partial charge in [-0.25, -0.2) is 4.79 Å². The predicted molar refractivity (Wildman–Crippen MR) is 147 cm³/mol. The molecule has 0 aliphatic carbocycles. The lowest BCUT2D eigenvalue weighted by Gasteiger charge is -2.22. The van der Waals surface area contributed by atoms with Gasteiger partial charge in [-0.05, 0) is 81.3 Å². The largest absolute Gasteiger partial charge is 0.508 e. The topological polar surface area (TPSA) is 101 Å². The van der Waals surface area contributed by atoms with E-state index in [-0.39, 0.29) is 12.4 Å². The van der Waals surface area contributed by atoms with Gasteiger partial charge < -0.3 is 19.9 Å². The number of nitrogens with zero attached hydrogens (tertiary/aromatic N) is 2. The fourth-order valence-electron chi connectivity index (χ4n) is 3.98. The number of ether oxygens (including phenoxy) is 2. The van der Waals surface area contributed by atoms with Crippen molar-refractivity contribution in [1.82, 2.24) is 9.88 Å². The van der Waals surface area contributed by atoms with Crippen LogP contribution < -0.4 is 10.1 Å². The maximum absolute atomic E-state index is 12.0. The second-order valence-corrected chi connectivity index (χ2v) is 8.88. The molecule has 0 fully saturated rings. The van der Waals surface area contributed by atoms with Crippen LogP contribution in [0.3, 0.4) is 0 Å². The van der Waals surface area contributed by atoms with Gasteiger partial charge in [0, 0.05) is 49.2 Å². The molecule has 3 rings (SSSR count). The second kappa shape index (κ2) is 13.9. The maximum Gasteiger partial charge on any atom is 0.397 e. The van der Waals surface area contributed by atoms with Gasteiger partial charge in [0.05, 0.1) is 6.61 Å². The number of aryl methyl sites for hydroxylation is 2. The Morgan fingerprint density at radius 3 is 2.53 bits per heavy atom. The summed E-state index contributed by atoms with van der Waals surface area (Å²) in [7, 11) is 0. The van der Waals surface area contributed by atoms with Gasteiger partial charge in [-0.3, -0.25) is 14.7 Å². The van der Waals surface area contributed by atoms with Crippen molar-refractivity contribution < 1.29 is 24.2 Å². The second-order valence-electron chi connectivity index (χ2n) is 8.88. The van der Waals surface area contributed by atoms with Gasteiger partial charge in [0.1, 0.15) is 17.2 Å². The molecule has 38 heavy (non-hydrogen) atoms. The number of benzene rings is 2. The van der Waals surface area contributed by atoms with E-state index in [1.54, 1.807) is 37.4 Å². The number of hydrogen-bond acceptors (Lipinski definition) is 7. The molecule has 0 aliphatic heterocycles. The van der Waals surface area contributed by atoms with Crippen LogP contribution in [0.4, 0.5) is 5.69 Å². The Balaban J connectivity index is 1.74. The first kappa shape index (κ1) is 28.4. The number of aromatic nitrogens is 1. The van der Waals surface area contributed by atoms with E-state index in [9.17, 15) is 14.7 Å². The molecule has 8 nitrogen and oxygen atoms in total. The highest BCUT2D eigenvalue weighted by atomic mass is 16.5. The van der Waals surface area contributed by atoms with Crippen molar-refractivity contribution in [3.05, 3.63) is 89.3 Å². The summed E-state index contributed by atoms with van der Waals surface area (Å²) in [6, 6.07) is 14.6. The summed E-state index contributed by atoms with van der Waals surface area (Å²) in [6.45, 7) is 9.54. The first-order chi connectivity index (χ1) is 18.3. The summed E-state index contributed by atoms with van der Waals surface area (Å²) in [5.41, 5.74) is 3.81. The number of anilines is 1. The number of pyridine rings is 1. The van der Waals surface area contributed by atoms with Crippen molar-refractivity contribution in [2.24, 2.45) is 0 Å². The molecule has 0 atom stereocenters. The van der Waals surface area contributed by atoms with Crippen molar-refractivity contribution >= 4 is 17.6 Å². The Hall–Kier alpha value is -4.17. The van der Waals surface area contributed by atoms with Gasteiger partial charge in [0.25, 0.3) is 0 Å². The number of carbonyl (C=O) groups excluding carboxylic acids is 2. The summed E-state index contributed by atoms with van der Waals surface area (Å²) in [4.78, 5) is 30.3. The molecule has 3 aromatic rings. The Kier molecular flexibility index (Phi) is 10.4. The highest BCUT2D eigenvalue weighted by Gasteiger charge is 2.17. The van der Waals surface area contributed by atoms with Crippen LogP contribution in [0.25, 0.3) is 0 Å². The number of rotatable bonds is 11. The maximum atomic E-state index is 12.0. The smallest absolute Gasteiger partial charge is 0.397 e. The van der Waals surface area contributed by atoms with Crippen LogP contribution >= 0.6 is 0 Å². The molecule has 0 radical (unpaired) electrons. The monoisotopic (exact) mass is 517 g/mol. The van der Waals surface area contributed by atoms with E-state index in [2.05, 4.69) is 21.3 Å². The average molecular weight is 518 g/mol. The molecular weight excluding hydrogens is 482 g/mol. The molecule has 0 saturated carbocycles. The van der Waals surface area contributed by atoms with Gasteiger partial charge >= 0.3 is 11.9 Å². The molecule has 0 unspecified atom stereocenters. The lowest BCUT2D eigenvalue weighted by molar-refractivity contribution is -0.152. The molecule has 1 amide bonds. The van der Waals surface area contributed by atoms with Crippen LogP contribution in [0.2, 0.25) is 0 Å². The minimum atomic E-state index is -0.928. The first-order valence-corrected chi connectivity index (χ1v) is 12.6. The van der Waals surface area contributed by atoms with Crippen LogP contribution in [-0.4, -0.2) is 46.6 Å². The number of phenolic OH excluding ortho intramolecular Hbond substituents is 1. The lowest BCUT2D eigenvalue weighted by Crippen LogP contribution is -2.26. The highest BCUT2D eigenvalue weighted by molar-refractivity contribution is 6.37. The van der Waals surface area contributed by atoms with E-state index >= 15 is 0 Å². The van der Waals surface area contributed by atoms with Gasteiger partial charge in [-0.2, -0.15) is 0 Å². The van der Waals surface area contributed by atoms with E-state index in [1.807, 2.05) is 51.1 Å². The van der Waals surface area contributed by atoms with Crippen molar-refractivity contribution in [3.8, 4) is 17.2 Å². The van der Waals surface area contributed by atoms with Crippen molar-refractivity contribution in [2.75, 3.05) is 25.0 Å². The molecule has 0 spiro atoms. The SMILES string of the molecule is C/C=C/CN(CCc1ccccn1)Cc1cc(Oc2c(C)cc(NC(=O)C(=O)OCC)cc2C)ccc1O. The summed E-state index contributed by atoms with van der Waals surface area (Å²) < 4.78 is 11.0. The van der Waals surface area contributed by atoms with Crippen molar-refractivity contribution in [2.45, 2.75) is 40.7 Å². The minimum Gasteiger partial charge on any atom is -0.508 e. The van der Waals surface area contributed by atoms with Crippen molar-refractivity contribution in [1.29, 1.82) is 0 Å². The van der Waals surface area contributed by atoms with Crippen molar-refractivity contribution in [3.63, 3.8) is 0 Å². The molecule has 2 aromatic carbocycles. The standard InChI is InChI=1S/C30H35N3O5/c1-5-7-15-33(16-13-24-10-8-9-14-31-24)20-23-19-26(11-12-27(23)34)38-28-21(3)17-25(18-22(28)4)32-29(35)30(36)37-6-2/h5,7-12,14,17-19,34H,6,13,15-16,20H2,1-4H3,(H,32,35)/b7-5+. The first-order valence-electron chi connectivity index (χ1n) is 12.6. The molecule has 2 N–H and O–H groups in total. The van der Waals surface area contributed by atoms with E-state index in [4.69, 9.17) is 9.47 Å². The number of esters is 1. The number of phenols is 1. The minimum absolute atomic E-state index is 0.128. The Labute approximate surface area is 223 Å². The van der Waals surface area contributed by atoms with E-state index in [0.717, 1.165) is 41.9 Å². The van der Waals surface area contributed by atoms with Gasteiger partial charge in [-0.15, -0.1) is 0 Å². The molecule has 0 bridgehead atoms. The molecular formula is C30H35N3O5. The third-order valence-electron chi connectivity index (χ3n) is 5.85. The Morgan fingerprint density at radius 1 is 1.11 bits per heavy atom. The average Bonchev–Trinajstić information content (AvgIpc) is 2.90. The number of amides is 1. The zero-order valence-corrected chi connectivity index (χ0v) is 22.4. The molecule has 8 heteroatoms. The Morgan fingerprint density at radius 2 is 1.87 bits per heavy atom. The lowest BCUT2D eigenvalue weighted by atomic mass is 10.1. The zero-order chi connectivity index (χ0) is 27.5. The summed E-state index contributed by atoms with van der Waals surface area (Å²) in [5, 5.41) is 13.1. The quantitative estimate of drug-likeness (QED) is 0.202. The molecule has 1 aromatic heterocycles. The van der Waals surface area contributed by atoms with Gasteiger partial charge in [0.2, 0.25) is 0 Å². The molecule has 200 valence electrons. The third kappa shape index (κ3) is 8.18. The Bertz CT molecular complexity index is 1250. The van der Waals surface area contributed by atoms with Crippen LogP contribution in [0, 0.1) is 13.8 Å². The van der Waals surface area contributed by atoms with E-state index < -0.39 is 11.9 Å².